The summed E-state index contributed by atoms with van der Waals surface area (Å²) in [5.74, 6) is -0.619. The van der Waals surface area contributed by atoms with Crippen molar-refractivity contribution in [3.05, 3.63) is 74.4 Å². The zero-order valence-corrected chi connectivity index (χ0v) is 21.1. The summed E-state index contributed by atoms with van der Waals surface area (Å²) in [5, 5.41) is 9.52. The lowest BCUT2D eigenvalue weighted by atomic mass is 10.1. The number of ether oxygens (including phenoxy) is 1. The molecule has 0 spiro atoms. The molecule has 5 rings (SSSR count). The molecule has 0 saturated heterocycles. The van der Waals surface area contributed by atoms with Gasteiger partial charge in [0.25, 0.3) is 16.7 Å². The predicted octanol–water partition coefficient (Wildman–Crippen LogP) is 4.97. The average molecular weight is 548 g/mol. The second-order valence-electron chi connectivity index (χ2n) is 7.96. The predicted molar refractivity (Wildman–Crippen MR) is 137 cm³/mol. The topological polar surface area (TPSA) is 112 Å². The molecule has 3 heterocycles. The summed E-state index contributed by atoms with van der Waals surface area (Å²) in [5.41, 5.74) is 1.22. The highest BCUT2D eigenvalue weighted by Gasteiger charge is 2.32. The highest BCUT2D eigenvalue weighted by Crippen LogP contribution is 2.41. The normalized spacial score (nSPS) is 17.8. The van der Waals surface area contributed by atoms with E-state index in [4.69, 9.17) is 33.1 Å². The first-order chi connectivity index (χ1) is 17.3. The number of hydrogen-bond donors (Lipinski definition) is 3. The van der Waals surface area contributed by atoms with Crippen molar-refractivity contribution in [2.45, 2.75) is 17.7 Å². The van der Waals surface area contributed by atoms with Crippen LogP contribution < -0.4 is 20.3 Å². The Morgan fingerprint density at radius 1 is 1.36 bits per heavy atom. The number of thioether (sulfide) groups is 1. The first-order valence-corrected chi connectivity index (χ1v) is 12.5. The first-order valence-electron chi connectivity index (χ1n) is 10.8. The third kappa shape index (κ3) is 4.71. The number of aromatic amines is 1. The summed E-state index contributed by atoms with van der Waals surface area (Å²) in [6, 6.07) is 8.51. The second kappa shape index (κ2) is 9.96. The van der Waals surface area contributed by atoms with E-state index in [1.807, 2.05) is 6.08 Å². The first kappa shape index (κ1) is 24.3. The number of benzene rings is 2. The second-order valence-corrected chi connectivity index (χ2v) is 10.2. The molecule has 0 aliphatic carbocycles. The molecule has 3 aromatic rings. The Hall–Kier alpha value is -3.35. The minimum absolute atomic E-state index is 0.0493. The van der Waals surface area contributed by atoms with Crippen LogP contribution in [0.2, 0.25) is 0 Å². The van der Waals surface area contributed by atoms with Crippen molar-refractivity contribution >= 4 is 58.8 Å². The van der Waals surface area contributed by atoms with Crippen molar-refractivity contribution in [2.75, 3.05) is 24.0 Å². The van der Waals surface area contributed by atoms with Crippen molar-refractivity contribution in [2.24, 2.45) is 0 Å². The zero-order chi connectivity index (χ0) is 25.4. The molecule has 2 atom stereocenters. The van der Waals surface area contributed by atoms with E-state index in [1.165, 1.54) is 22.7 Å². The summed E-state index contributed by atoms with van der Waals surface area (Å²) in [7, 11) is 1.58. The lowest BCUT2D eigenvalue weighted by Gasteiger charge is -2.29. The molecule has 186 valence electrons. The molecule has 2 amide bonds. The maximum absolute atomic E-state index is 14.2. The Balaban J connectivity index is 1.33. The number of nitrogens with one attached hydrogen (secondary N) is 3. The van der Waals surface area contributed by atoms with Crippen molar-refractivity contribution in [3.63, 3.8) is 0 Å². The molecule has 1 aromatic heterocycles. The van der Waals surface area contributed by atoms with E-state index in [-0.39, 0.29) is 34.0 Å². The molecule has 0 bridgehead atoms. The fourth-order valence-corrected chi connectivity index (χ4v) is 5.53. The van der Waals surface area contributed by atoms with Gasteiger partial charge in [0.05, 0.1) is 15.6 Å². The monoisotopic (exact) mass is 547 g/mol. The Bertz CT molecular complexity index is 1420. The van der Waals surface area contributed by atoms with Gasteiger partial charge in [0.1, 0.15) is 17.6 Å². The number of carbonyl (C=O) groups excluding carboxylic acids is 2. The van der Waals surface area contributed by atoms with E-state index in [2.05, 4.69) is 20.8 Å². The number of rotatable bonds is 6. The number of carbonyl (C=O) groups is 2. The SMILES string of the molecule is CNc1cc2c(cc1F)C(=O)N(c1ccc(C(=O)NC(c3noc(=S)[nH]3)C3CC=C(Cl)S3)cc1)CO2. The molecule has 36 heavy (non-hydrogen) atoms. The molecule has 2 aliphatic heterocycles. The minimum Gasteiger partial charge on any atom is -0.472 e. The van der Waals surface area contributed by atoms with Crippen LogP contribution in [0.4, 0.5) is 15.8 Å². The van der Waals surface area contributed by atoms with Gasteiger partial charge >= 0.3 is 0 Å². The fraction of sp³-hybridized carbons (Fsp3) is 0.217. The quantitative estimate of drug-likeness (QED) is 0.371. The van der Waals surface area contributed by atoms with Crippen LogP contribution >= 0.6 is 35.6 Å². The fourth-order valence-electron chi connectivity index (χ4n) is 3.95. The van der Waals surface area contributed by atoms with E-state index in [0.29, 0.717) is 33.6 Å². The number of halogens is 2. The summed E-state index contributed by atoms with van der Waals surface area (Å²) in [6.45, 7) is -0.0493. The van der Waals surface area contributed by atoms with Gasteiger partial charge < -0.3 is 19.9 Å². The Morgan fingerprint density at radius 2 is 2.14 bits per heavy atom. The number of aromatic nitrogens is 2. The van der Waals surface area contributed by atoms with Gasteiger partial charge in [0.2, 0.25) is 0 Å². The minimum atomic E-state index is -0.555. The molecule has 2 unspecified atom stereocenters. The molecule has 9 nitrogen and oxygen atoms in total. The molecular weight excluding hydrogens is 529 g/mol. The molecule has 13 heteroatoms. The summed E-state index contributed by atoms with van der Waals surface area (Å²) >= 11 is 12.5. The van der Waals surface area contributed by atoms with Crippen LogP contribution in [0, 0.1) is 10.7 Å². The molecule has 0 radical (unpaired) electrons. The third-order valence-corrected chi connectivity index (χ3v) is 7.55. The van der Waals surface area contributed by atoms with E-state index in [0.717, 1.165) is 6.07 Å². The number of nitrogens with zero attached hydrogens (tertiary/aromatic N) is 2. The van der Waals surface area contributed by atoms with Crippen molar-refractivity contribution in [3.8, 4) is 5.75 Å². The Kier molecular flexibility index (Phi) is 6.73. The van der Waals surface area contributed by atoms with Gasteiger partial charge in [-0.05, 0) is 49.0 Å². The van der Waals surface area contributed by atoms with Crippen LogP contribution in [-0.2, 0) is 0 Å². The smallest absolute Gasteiger partial charge is 0.294 e. The maximum atomic E-state index is 14.2. The van der Waals surface area contributed by atoms with Gasteiger partial charge in [-0.15, -0.1) is 11.8 Å². The van der Waals surface area contributed by atoms with E-state index >= 15 is 0 Å². The van der Waals surface area contributed by atoms with E-state index < -0.39 is 17.8 Å². The lowest BCUT2D eigenvalue weighted by molar-refractivity contribution is 0.0928. The number of fused-ring (bicyclic) bond motifs is 1. The van der Waals surface area contributed by atoms with Crippen LogP contribution in [0.1, 0.15) is 39.0 Å². The number of hydrogen-bond acceptors (Lipinski definition) is 8. The zero-order valence-electron chi connectivity index (χ0n) is 18.7. The number of amides is 2. The summed E-state index contributed by atoms with van der Waals surface area (Å²) < 4.78 is 25.5. The van der Waals surface area contributed by atoms with Gasteiger partial charge in [-0.3, -0.25) is 19.5 Å². The summed E-state index contributed by atoms with van der Waals surface area (Å²) in [6.07, 6.45) is 2.51. The molecule has 2 aliphatic rings. The number of H-pyrrole nitrogens is 1. The van der Waals surface area contributed by atoms with E-state index in [9.17, 15) is 14.0 Å². The molecule has 3 N–H and O–H groups in total. The highest BCUT2D eigenvalue weighted by molar-refractivity contribution is 8.05. The number of anilines is 2. The molecular formula is C23H19ClFN5O4S2. The van der Waals surface area contributed by atoms with Crippen LogP contribution in [0.3, 0.4) is 0 Å². The molecule has 2 aromatic carbocycles. The van der Waals surface area contributed by atoms with E-state index in [1.54, 1.807) is 31.3 Å². The third-order valence-electron chi connectivity index (χ3n) is 5.79. The maximum Gasteiger partial charge on any atom is 0.294 e. The number of allylic oxidation sites excluding steroid dienone is 1. The van der Waals surface area contributed by atoms with Gasteiger partial charge in [-0.2, -0.15) is 0 Å². The van der Waals surface area contributed by atoms with Crippen molar-refractivity contribution in [1.29, 1.82) is 0 Å². The van der Waals surface area contributed by atoms with Gasteiger partial charge in [-0.25, -0.2) is 4.39 Å². The standard InChI is InChI=1S/C23H19ClFN5O4S2/c1-26-15-9-16-13(8-14(15)25)22(32)30(10-33-16)12-4-2-11(3-5-12)21(31)27-19(17-6-7-18(24)36-17)20-28-23(35)34-29-20/h2-5,7-9,17,19,26H,6,10H2,1H3,(H,27,31)(H,28,29,35). The molecule has 0 fully saturated rings. The van der Waals surface area contributed by atoms with Crippen LogP contribution in [0.15, 0.2) is 51.4 Å². The highest BCUT2D eigenvalue weighted by atomic mass is 35.5. The summed E-state index contributed by atoms with van der Waals surface area (Å²) in [4.78, 5) is 30.4. The van der Waals surface area contributed by atoms with Crippen LogP contribution in [0.25, 0.3) is 0 Å². The van der Waals surface area contributed by atoms with Crippen molar-refractivity contribution < 1.29 is 23.2 Å². The Morgan fingerprint density at radius 3 is 2.78 bits per heavy atom. The van der Waals surface area contributed by atoms with Gasteiger partial charge in [0, 0.05) is 29.6 Å². The largest absolute Gasteiger partial charge is 0.472 e. The van der Waals surface area contributed by atoms with Crippen LogP contribution in [-0.4, -0.2) is 41.0 Å². The van der Waals surface area contributed by atoms with Crippen LogP contribution in [0.5, 0.6) is 5.75 Å². The molecule has 0 saturated carbocycles. The van der Waals surface area contributed by atoms with Gasteiger partial charge in [0.15, 0.2) is 12.6 Å². The van der Waals surface area contributed by atoms with Gasteiger partial charge in [-0.1, -0.05) is 22.8 Å². The van der Waals surface area contributed by atoms with Crippen molar-refractivity contribution in [1.82, 2.24) is 15.5 Å². The Labute approximate surface area is 219 Å². The lowest BCUT2D eigenvalue weighted by Crippen LogP contribution is -2.39. The average Bonchev–Trinajstić information content (AvgIpc) is 3.51.